The van der Waals surface area contributed by atoms with E-state index >= 15 is 0 Å². The van der Waals surface area contributed by atoms with Gasteiger partial charge in [0.05, 0.1) is 0 Å². The third-order valence-electron chi connectivity index (χ3n) is 5.06. The number of aryl methyl sites for hydroxylation is 1. The standard InChI is InChI=1S/C18H27ClN2/c1-13-6-7-14(11-17(13)19)18-15(12-20-2)5-3-4-10-21(18)16-8-9-16/h6-7,11,15-16,18,20H,3-5,8-10,12H2,1-2H3. The van der Waals surface area contributed by atoms with Crippen LogP contribution in [-0.4, -0.2) is 31.1 Å². The molecule has 0 spiro atoms. The molecule has 1 N–H and O–H groups in total. The molecule has 1 aliphatic heterocycles. The predicted octanol–water partition coefficient (Wildman–Crippen LogP) is 4.17. The lowest BCUT2D eigenvalue weighted by atomic mass is 9.88. The first kappa shape index (κ1) is 15.3. The third-order valence-corrected chi connectivity index (χ3v) is 5.47. The molecule has 1 aromatic rings. The summed E-state index contributed by atoms with van der Waals surface area (Å²) in [6, 6.07) is 8.04. The van der Waals surface area contributed by atoms with Crippen molar-refractivity contribution in [2.75, 3.05) is 20.1 Å². The van der Waals surface area contributed by atoms with Gasteiger partial charge in [0.15, 0.2) is 0 Å². The van der Waals surface area contributed by atoms with Crippen LogP contribution in [0.3, 0.4) is 0 Å². The molecule has 1 aromatic carbocycles. The van der Waals surface area contributed by atoms with Crippen LogP contribution in [0.1, 0.15) is 49.3 Å². The van der Waals surface area contributed by atoms with E-state index in [4.69, 9.17) is 11.6 Å². The molecule has 1 aliphatic carbocycles. The topological polar surface area (TPSA) is 15.3 Å². The zero-order valence-electron chi connectivity index (χ0n) is 13.2. The Morgan fingerprint density at radius 1 is 1.24 bits per heavy atom. The largest absolute Gasteiger partial charge is 0.319 e. The maximum absolute atomic E-state index is 6.41. The molecule has 1 saturated heterocycles. The van der Waals surface area contributed by atoms with Crippen molar-refractivity contribution in [1.29, 1.82) is 0 Å². The van der Waals surface area contributed by atoms with Crippen molar-refractivity contribution in [2.45, 2.75) is 51.1 Å². The van der Waals surface area contributed by atoms with E-state index in [2.05, 4.69) is 42.4 Å². The van der Waals surface area contributed by atoms with E-state index in [1.54, 1.807) is 0 Å². The van der Waals surface area contributed by atoms with Crippen molar-refractivity contribution >= 4 is 11.6 Å². The number of nitrogens with one attached hydrogen (secondary N) is 1. The van der Waals surface area contributed by atoms with Crippen molar-refractivity contribution in [2.24, 2.45) is 5.92 Å². The molecule has 0 radical (unpaired) electrons. The SMILES string of the molecule is CNCC1CCCCN(C2CC2)C1c1ccc(C)c(Cl)c1. The summed E-state index contributed by atoms with van der Waals surface area (Å²) in [5.74, 6) is 0.692. The second-order valence-corrected chi connectivity index (χ2v) is 7.14. The normalized spacial score (nSPS) is 27.6. The average molecular weight is 307 g/mol. The monoisotopic (exact) mass is 306 g/mol. The molecule has 2 atom stereocenters. The van der Waals surface area contributed by atoms with Crippen molar-refractivity contribution in [3.05, 3.63) is 34.3 Å². The number of hydrogen-bond acceptors (Lipinski definition) is 2. The quantitative estimate of drug-likeness (QED) is 0.898. The summed E-state index contributed by atoms with van der Waals surface area (Å²) in [5, 5.41) is 4.32. The molecule has 2 fully saturated rings. The number of halogens is 1. The number of likely N-dealkylation sites (tertiary alicyclic amines) is 1. The lowest BCUT2D eigenvalue weighted by Gasteiger charge is -2.36. The van der Waals surface area contributed by atoms with Gasteiger partial charge in [-0.3, -0.25) is 4.90 Å². The zero-order chi connectivity index (χ0) is 14.8. The van der Waals surface area contributed by atoms with Gasteiger partial charge in [0.25, 0.3) is 0 Å². The van der Waals surface area contributed by atoms with E-state index in [1.165, 1.54) is 49.8 Å². The summed E-state index contributed by atoms with van der Waals surface area (Å²) in [6.45, 7) is 4.43. The molecular formula is C18H27ClN2. The van der Waals surface area contributed by atoms with Crippen LogP contribution in [0.15, 0.2) is 18.2 Å². The molecule has 21 heavy (non-hydrogen) atoms. The van der Waals surface area contributed by atoms with E-state index in [0.717, 1.165) is 17.6 Å². The van der Waals surface area contributed by atoms with Crippen LogP contribution in [0.25, 0.3) is 0 Å². The Balaban J connectivity index is 1.94. The van der Waals surface area contributed by atoms with E-state index in [9.17, 15) is 0 Å². The molecule has 0 aromatic heterocycles. The minimum absolute atomic E-state index is 0.533. The number of hydrogen-bond donors (Lipinski definition) is 1. The molecule has 0 amide bonds. The van der Waals surface area contributed by atoms with E-state index < -0.39 is 0 Å². The van der Waals surface area contributed by atoms with Crippen molar-refractivity contribution in [1.82, 2.24) is 10.2 Å². The first-order chi connectivity index (χ1) is 10.2. The minimum Gasteiger partial charge on any atom is -0.319 e. The minimum atomic E-state index is 0.533. The van der Waals surface area contributed by atoms with E-state index in [0.29, 0.717) is 12.0 Å². The molecule has 3 rings (SSSR count). The summed E-state index contributed by atoms with van der Waals surface area (Å²) >= 11 is 6.41. The maximum Gasteiger partial charge on any atom is 0.0438 e. The van der Waals surface area contributed by atoms with E-state index in [1.807, 2.05) is 0 Å². The molecule has 0 bridgehead atoms. The van der Waals surface area contributed by atoms with Gasteiger partial charge in [0.2, 0.25) is 0 Å². The smallest absolute Gasteiger partial charge is 0.0438 e. The summed E-state index contributed by atoms with van der Waals surface area (Å²) in [7, 11) is 2.07. The van der Waals surface area contributed by atoms with E-state index in [-0.39, 0.29) is 0 Å². The molecule has 2 unspecified atom stereocenters. The second kappa shape index (κ2) is 6.68. The van der Waals surface area contributed by atoms with Crippen LogP contribution >= 0.6 is 11.6 Å². The number of rotatable bonds is 4. The highest BCUT2D eigenvalue weighted by Gasteiger charge is 2.39. The predicted molar refractivity (Wildman–Crippen MR) is 89.9 cm³/mol. The first-order valence-corrected chi connectivity index (χ1v) is 8.75. The van der Waals surface area contributed by atoms with Crippen LogP contribution in [0.5, 0.6) is 0 Å². The lowest BCUT2D eigenvalue weighted by Crippen LogP contribution is -2.37. The molecule has 2 nitrogen and oxygen atoms in total. The Labute approximate surface area is 133 Å². The highest BCUT2D eigenvalue weighted by atomic mass is 35.5. The van der Waals surface area contributed by atoms with Gasteiger partial charge in [-0.25, -0.2) is 0 Å². The van der Waals surface area contributed by atoms with Gasteiger partial charge in [-0.2, -0.15) is 0 Å². The first-order valence-electron chi connectivity index (χ1n) is 8.37. The summed E-state index contributed by atoms with van der Waals surface area (Å²) in [5.41, 5.74) is 2.59. The number of benzene rings is 1. The van der Waals surface area contributed by atoms with Crippen molar-refractivity contribution in [3.8, 4) is 0 Å². The lowest BCUT2D eigenvalue weighted by molar-refractivity contribution is 0.145. The van der Waals surface area contributed by atoms with Gasteiger partial charge in [-0.1, -0.05) is 30.2 Å². The van der Waals surface area contributed by atoms with Gasteiger partial charge in [0.1, 0.15) is 0 Å². The van der Waals surface area contributed by atoms with Gasteiger partial charge in [-0.15, -0.1) is 0 Å². The Bertz CT molecular complexity index is 484. The highest BCUT2D eigenvalue weighted by Crippen LogP contribution is 2.42. The van der Waals surface area contributed by atoms with Gasteiger partial charge < -0.3 is 5.32 Å². The zero-order valence-corrected chi connectivity index (χ0v) is 14.0. The van der Waals surface area contributed by atoms with Crippen molar-refractivity contribution in [3.63, 3.8) is 0 Å². The maximum atomic E-state index is 6.41. The second-order valence-electron chi connectivity index (χ2n) is 6.74. The Morgan fingerprint density at radius 3 is 2.71 bits per heavy atom. The van der Waals surface area contributed by atoms with Crippen LogP contribution < -0.4 is 5.32 Å². The van der Waals surface area contributed by atoms with Gasteiger partial charge in [-0.05, 0) is 75.9 Å². The summed E-state index contributed by atoms with van der Waals surface area (Å²) in [6.07, 6.45) is 6.77. The van der Waals surface area contributed by atoms with Crippen LogP contribution in [0, 0.1) is 12.8 Å². The van der Waals surface area contributed by atoms with Crippen LogP contribution in [0.2, 0.25) is 5.02 Å². The summed E-state index contributed by atoms with van der Waals surface area (Å²) in [4.78, 5) is 2.77. The van der Waals surface area contributed by atoms with Crippen molar-refractivity contribution < 1.29 is 0 Å². The fourth-order valence-electron chi connectivity index (χ4n) is 3.82. The average Bonchev–Trinajstić information content (AvgIpc) is 3.28. The fraction of sp³-hybridized carbons (Fsp3) is 0.667. The molecule has 116 valence electrons. The third kappa shape index (κ3) is 3.44. The summed E-state index contributed by atoms with van der Waals surface area (Å²) < 4.78 is 0. The van der Waals surface area contributed by atoms with Crippen LogP contribution in [0.4, 0.5) is 0 Å². The number of nitrogens with zero attached hydrogens (tertiary/aromatic N) is 1. The Morgan fingerprint density at radius 2 is 2.05 bits per heavy atom. The molecule has 1 saturated carbocycles. The molecule has 3 heteroatoms. The molecule has 1 heterocycles. The Kier molecular flexibility index (Phi) is 4.88. The molecule has 2 aliphatic rings. The highest BCUT2D eigenvalue weighted by molar-refractivity contribution is 6.31. The fourth-order valence-corrected chi connectivity index (χ4v) is 4.01. The molecular weight excluding hydrogens is 280 g/mol. The Hall–Kier alpha value is -0.570. The van der Waals surface area contributed by atoms with Gasteiger partial charge >= 0.3 is 0 Å². The van der Waals surface area contributed by atoms with Crippen LogP contribution in [-0.2, 0) is 0 Å². The van der Waals surface area contributed by atoms with Gasteiger partial charge in [0, 0.05) is 17.1 Å².